The third-order valence-corrected chi connectivity index (χ3v) is 3.97. The average molecular weight is 283 g/mol. The molecule has 0 fully saturated rings. The van der Waals surface area contributed by atoms with Crippen molar-refractivity contribution in [1.82, 2.24) is 9.47 Å². The normalized spacial score (nSPS) is 12.4. The van der Waals surface area contributed by atoms with Crippen LogP contribution in [-0.4, -0.2) is 40.5 Å². The molecule has 0 aliphatic rings. The van der Waals surface area contributed by atoms with Crippen LogP contribution < -0.4 is 5.73 Å². The van der Waals surface area contributed by atoms with Gasteiger partial charge < -0.3 is 15.2 Å². The zero-order chi connectivity index (χ0) is 14.4. The predicted octanol–water partition coefficient (Wildman–Crippen LogP) is 2.69. The van der Waals surface area contributed by atoms with Gasteiger partial charge in [-0.15, -0.1) is 0 Å². The van der Waals surface area contributed by atoms with E-state index in [4.69, 9.17) is 5.73 Å². The lowest BCUT2D eigenvalue weighted by molar-refractivity contribution is 0.0730. The topological polar surface area (TPSA) is 51.3 Å². The summed E-state index contributed by atoms with van der Waals surface area (Å²) < 4.78 is 1.95. The Hall–Kier alpha value is -1.10. The molecule has 1 atom stereocenters. The quantitative estimate of drug-likeness (QED) is 0.837. The number of nitrogens with zero attached hydrogens (tertiary/aromatic N) is 2. The molecule has 1 aromatic rings. The number of anilines is 1. The molecule has 0 spiro atoms. The molecular formula is C14H25N3OS. The third kappa shape index (κ3) is 4.20. The van der Waals surface area contributed by atoms with Crippen LogP contribution in [0.25, 0.3) is 0 Å². The molecule has 5 heteroatoms. The molecule has 1 rings (SSSR count). The summed E-state index contributed by atoms with van der Waals surface area (Å²) in [5, 5.41) is 0. The summed E-state index contributed by atoms with van der Waals surface area (Å²) in [4.78, 5) is 14.3. The van der Waals surface area contributed by atoms with Crippen LogP contribution in [0.1, 0.15) is 37.2 Å². The van der Waals surface area contributed by atoms with Gasteiger partial charge in [0.25, 0.3) is 5.91 Å². The largest absolute Gasteiger partial charge is 0.397 e. The number of aromatic nitrogens is 1. The Balaban J connectivity index is 2.81. The van der Waals surface area contributed by atoms with Crippen molar-refractivity contribution >= 4 is 23.4 Å². The zero-order valence-electron chi connectivity index (χ0n) is 12.3. The molecule has 1 aromatic heterocycles. The van der Waals surface area contributed by atoms with Gasteiger partial charge in [0.2, 0.25) is 0 Å². The third-order valence-electron chi connectivity index (χ3n) is 3.32. The van der Waals surface area contributed by atoms with Gasteiger partial charge in [-0.3, -0.25) is 4.79 Å². The lowest BCUT2D eigenvalue weighted by Gasteiger charge is -2.25. The summed E-state index contributed by atoms with van der Waals surface area (Å²) in [6.07, 6.45) is 5.92. The molecule has 2 N–H and O–H groups in total. The van der Waals surface area contributed by atoms with Gasteiger partial charge in [-0.2, -0.15) is 11.8 Å². The first kappa shape index (κ1) is 16.0. The lowest BCUT2D eigenvalue weighted by Crippen LogP contribution is -2.36. The molecule has 0 saturated carbocycles. The Morgan fingerprint density at radius 2 is 2.26 bits per heavy atom. The highest BCUT2D eigenvalue weighted by molar-refractivity contribution is 7.98. The molecule has 1 amide bonds. The minimum absolute atomic E-state index is 0.0544. The average Bonchev–Trinajstić information content (AvgIpc) is 2.75. The van der Waals surface area contributed by atoms with Gasteiger partial charge in [-0.05, 0) is 37.8 Å². The fourth-order valence-corrected chi connectivity index (χ4v) is 2.58. The molecule has 0 saturated heterocycles. The van der Waals surface area contributed by atoms with Crippen LogP contribution in [0.15, 0.2) is 12.3 Å². The number of thioether (sulfide) groups is 1. The number of aryl methyl sites for hydroxylation is 1. The van der Waals surface area contributed by atoms with Crippen molar-refractivity contribution in [1.29, 1.82) is 0 Å². The van der Waals surface area contributed by atoms with Gasteiger partial charge in [0.15, 0.2) is 0 Å². The number of amides is 1. The molecule has 1 heterocycles. The molecule has 108 valence electrons. The SMILES string of the molecule is CCCn1cc(N)cc1C(=O)N(C)C(C)CCSC. The maximum Gasteiger partial charge on any atom is 0.270 e. The fraction of sp³-hybridized carbons (Fsp3) is 0.643. The van der Waals surface area contributed by atoms with Crippen LogP contribution in [0.2, 0.25) is 0 Å². The highest BCUT2D eigenvalue weighted by atomic mass is 32.2. The first-order valence-electron chi connectivity index (χ1n) is 6.73. The summed E-state index contributed by atoms with van der Waals surface area (Å²) in [5.74, 6) is 1.12. The van der Waals surface area contributed by atoms with E-state index in [0.29, 0.717) is 11.4 Å². The first-order valence-corrected chi connectivity index (χ1v) is 8.12. The fourth-order valence-electron chi connectivity index (χ4n) is 2.00. The van der Waals surface area contributed by atoms with Crippen molar-refractivity contribution in [2.24, 2.45) is 0 Å². The van der Waals surface area contributed by atoms with Crippen molar-refractivity contribution in [3.63, 3.8) is 0 Å². The van der Waals surface area contributed by atoms with E-state index in [1.165, 1.54) is 0 Å². The van der Waals surface area contributed by atoms with Crippen LogP contribution >= 0.6 is 11.8 Å². The van der Waals surface area contributed by atoms with Gasteiger partial charge in [0.1, 0.15) is 5.69 Å². The minimum atomic E-state index is 0.0544. The number of carbonyl (C=O) groups excluding carboxylic acids is 1. The highest BCUT2D eigenvalue weighted by Crippen LogP contribution is 2.16. The summed E-state index contributed by atoms with van der Waals surface area (Å²) in [7, 11) is 1.87. The summed E-state index contributed by atoms with van der Waals surface area (Å²) in [6.45, 7) is 5.01. The standard InChI is InChI=1S/C14H25N3OS/c1-5-7-17-10-12(15)9-13(17)14(18)16(3)11(2)6-8-19-4/h9-11H,5-8,15H2,1-4H3. The smallest absolute Gasteiger partial charge is 0.270 e. The summed E-state index contributed by atoms with van der Waals surface area (Å²) >= 11 is 1.81. The molecule has 0 aliphatic carbocycles. The van der Waals surface area contributed by atoms with Gasteiger partial charge in [0.05, 0.1) is 5.69 Å². The van der Waals surface area contributed by atoms with Crippen molar-refractivity contribution in [3.8, 4) is 0 Å². The van der Waals surface area contributed by atoms with Gasteiger partial charge in [-0.25, -0.2) is 0 Å². The molecular weight excluding hydrogens is 258 g/mol. The number of carbonyl (C=O) groups is 1. The Morgan fingerprint density at radius 3 is 2.84 bits per heavy atom. The van der Waals surface area contributed by atoms with Crippen molar-refractivity contribution in [2.45, 2.75) is 39.3 Å². The van der Waals surface area contributed by atoms with E-state index in [2.05, 4.69) is 20.1 Å². The first-order chi connectivity index (χ1) is 9.01. The number of hydrogen-bond donors (Lipinski definition) is 1. The van der Waals surface area contributed by atoms with Gasteiger partial charge in [0, 0.05) is 25.8 Å². The van der Waals surface area contributed by atoms with E-state index in [1.807, 2.05) is 34.5 Å². The maximum atomic E-state index is 12.5. The van der Waals surface area contributed by atoms with Crippen LogP contribution in [0.4, 0.5) is 5.69 Å². The van der Waals surface area contributed by atoms with Crippen molar-refractivity contribution in [3.05, 3.63) is 18.0 Å². The van der Waals surface area contributed by atoms with E-state index in [-0.39, 0.29) is 11.9 Å². The van der Waals surface area contributed by atoms with E-state index in [1.54, 1.807) is 6.07 Å². The van der Waals surface area contributed by atoms with Gasteiger partial charge >= 0.3 is 0 Å². The van der Waals surface area contributed by atoms with Crippen LogP contribution in [0.5, 0.6) is 0 Å². The van der Waals surface area contributed by atoms with E-state index in [9.17, 15) is 4.79 Å². The van der Waals surface area contributed by atoms with Crippen molar-refractivity contribution < 1.29 is 4.79 Å². The van der Waals surface area contributed by atoms with E-state index >= 15 is 0 Å². The molecule has 0 aliphatic heterocycles. The molecule has 4 nitrogen and oxygen atoms in total. The Kier molecular flexibility index (Phi) is 6.28. The van der Waals surface area contributed by atoms with Crippen LogP contribution in [0.3, 0.4) is 0 Å². The predicted molar refractivity (Wildman–Crippen MR) is 83.7 cm³/mol. The summed E-state index contributed by atoms with van der Waals surface area (Å²) in [6, 6.07) is 2.02. The second kappa shape index (κ2) is 7.48. The van der Waals surface area contributed by atoms with E-state index < -0.39 is 0 Å². The lowest BCUT2D eigenvalue weighted by atomic mass is 10.2. The molecule has 19 heavy (non-hydrogen) atoms. The monoisotopic (exact) mass is 283 g/mol. The zero-order valence-corrected chi connectivity index (χ0v) is 13.2. The highest BCUT2D eigenvalue weighted by Gasteiger charge is 2.20. The number of nitrogens with two attached hydrogens (primary N) is 1. The maximum absolute atomic E-state index is 12.5. The number of rotatable bonds is 7. The minimum Gasteiger partial charge on any atom is -0.397 e. The second-order valence-electron chi connectivity index (χ2n) is 4.90. The number of nitrogen functional groups attached to an aromatic ring is 1. The summed E-state index contributed by atoms with van der Waals surface area (Å²) in [5.41, 5.74) is 7.16. The Bertz CT molecular complexity index is 417. The van der Waals surface area contributed by atoms with Gasteiger partial charge in [-0.1, -0.05) is 6.92 Å². The Morgan fingerprint density at radius 1 is 1.58 bits per heavy atom. The molecule has 0 radical (unpaired) electrons. The number of hydrogen-bond acceptors (Lipinski definition) is 3. The van der Waals surface area contributed by atoms with Crippen molar-refractivity contribution in [2.75, 3.05) is 24.8 Å². The Labute approximate surface area is 120 Å². The van der Waals surface area contributed by atoms with Crippen LogP contribution in [-0.2, 0) is 6.54 Å². The molecule has 0 bridgehead atoms. The van der Waals surface area contributed by atoms with E-state index in [0.717, 1.165) is 25.1 Å². The molecule has 1 unspecified atom stereocenters. The second-order valence-corrected chi connectivity index (χ2v) is 5.88. The van der Waals surface area contributed by atoms with Crippen LogP contribution in [0, 0.1) is 0 Å². The molecule has 0 aromatic carbocycles.